The average Bonchev–Trinajstić information content (AvgIpc) is 2.53. The summed E-state index contributed by atoms with van der Waals surface area (Å²) in [6, 6.07) is 14.7. The highest BCUT2D eigenvalue weighted by molar-refractivity contribution is 5.81. The van der Waals surface area contributed by atoms with Crippen LogP contribution in [0.3, 0.4) is 0 Å². The standard InChI is InChI=1S/C17H17N3/c1-12(18-2)14-9-15(11-19-10-14)17-8-7-13-5-3-4-6-16(13)20-17/h3-12,18H,1-2H3. The lowest BCUT2D eigenvalue weighted by atomic mass is 10.1. The van der Waals surface area contributed by atoms with Crippen molar-refractivity contribution in [2.45, 2.75) is 13.0 Å². The molecule has 20 heavy (non-hydrogen) atoms. The van der Waals surface area contributed by atoms with Crippen molar-refractivity contribution in [2.24, 2.45) is 0 Å². The van der Waals surface area contributed by atoms with E-state index in [1.54, 1.807) is 0 Å². The van der Waals surface area contributed by atoms with E-state index in [0.717, 1.165) is 22.2 Å². The highest BCUT2D eigenvalue weighted by atomic mass is 14.9. The van der Waals surface area contributed by atoms with Gasteiger partial charge < -0.3 is 5.32 Å². The zero-order chi connectivity index (χ0) is 13.9. The Morgan fingerprint density at radius 1 is 1.05 bits per heavy atom. The number of para-hydroxylation sites is 1. The summed E-state index contributed by atoms with van der Waals surface area (Å²) < 4.78 is 0. The number of nitrogens with one attached hydrogen (secondary N) is 1. The first kappa shape index (κ1) is 12.8. The highest BCUT2D eigenvalue weighted by Crippen LogP contribution is 2.22. The summed E-state index contributed by atoms with van der Waals surface area (Å²) in [6.07, 6.45) is 3.76. The summed E-state index contributed by atoms with van der Waals surface area (Å²) in [4.78, 5) is 9.04. The molecule has 0 radical (unpaired) electrons. The quantitative estimate of drug-likeness (QED) is 0.785. The largest absolute Gasteiger partial charge is 0.313 e. The van der Waals surface area contributed by atoms with Gasteiger partial charge >= 0.3 is 0 Å². The van der Waals surface area contributed by atoms with Crippen LogP contribution in [-0.2, 0) is 0 Å². The maximum Gasteiger partial charge on any atom is 0.0725 e. The van der Waals surface area contributed by atoms with E-state index in [0.29, 0.717) is 0 Å². The molecule has 0 spiro atoms. The fourth-order valence-electron chi connectivity index (χ4n) is 2.23. The third kappa shape index (κ3) is 2.40. The minimum atomic E-state index is 0.280. The first-order valence-corrected chi connectivity index (χ1v) is 6.76. The van der Waals surface area contributed by atoms with Gasteiger partial charge in [0.1, 0.15) is 0 Å². The minimum Gasteiger partial charge on any atom is -0.313 e. The van der Waals surface area contributed by atoms with Gasteiger partial charge in [-0.3, -0.25) is 4.98 Å². The second-order valence-corrected chi connectivity index (χ2v) is 4.91. The van der Waals surface area contributed by atoms with E-state index in [9.17, 15) is 0 Å². The predicted molar refractivity (Wildman–Crippen MR) is 82.4 cm³/mol. The molecule has 2 aromatic heterocycles. The van der Waals surface area contributed by atoms with Gasteiger partial charge in [-0.1, -0.05) is 24.3 Å². The van der Waals surface area contributed by atoms with Gasteiger partial charge in [0.25, 0.3) is 0 Å². The molecule has 3 aromatic rings. The molecule has 0 saturated heterocycles. The van der Waals surface area contributed by atoms with E-state index in [-0.39, 0.29) is 6.04 Å². The lowest BCUT2D eigenvalue weighted by molar-refractivity contribution is 0.650. The van der Waals surface area contributed by atoms with Crippen LogP contribution in [0.4, 0.5) is 0 Å². The molecule has 100 valence electrons. The van der Waals surface area contributed by atoms with Crippen LogP contribution in [0.25, 0.3) is 22.2 Å². The number of rotatable bonds is 3. The summed E-state index contributed by atoms with van der Waals surface area (Å²) in [5.74, 6) is 0. The SMILES string of the molecule is CNC(C)c1cncc(-c2ccc3ccccc3n2)c1. The Morgan fingerprint density at radius 2 is 1.90 bits per heavy atom. The number of nitrogens with zero attached hydrogens (tertiary/aromatic N) is 2. The number of fused-ring (bicyclic) bond motifs is 1. The summed E-state index contributed by atoms with van der Waals surface area (Å²) in [7, 11) is 1.95. The van der Waals surface area contributed by atoms with Crippen LogP contribution in [0.1, 0.15) is 18.5 Å². The van der Waals surface area contributed by atoms with Crippen molar-refractivity contribution in [1.29, 1.82) is 0 Å². The van der Waals surface area contributed by atoms with Crippen LogP contribution in [0.5, 0.6) is 0 Å². The maximum absolute atomic E-state index is 4.71. The summed E-state index contributed by atoms with van der Waals surface area (Å²) in [6.45, 7) is 2.12. The van der Waals surface area contributed by atoms with Crippen molar-refractivity contribution in [3.63, 3.8) is 0 Å². The Kier molecular flexibility index (Phi) is 3.44. The van der Waals surface area contributed by atoms with Gasteiger partial charge in [-0.2, -0.15) is 0 Å². The Labute approximate surface area is 118 Å². The molecule has 0 saturated carbocycles. The van der Waals surface area contributed by atoms with Crippen molar-refractivity contribution in [1.82, 2.24) is 15.3 Å². The Bertz CT molecular complexity index is 737. The van der Waals surface area contributed by atoms with E-state index < -0.39 is 0 Å². The Balaban J connectivity index is 2.06. The molecule has 1 unspecified atom stereocenters. The first-order valence-electron chi connectivity index (χ1n) is 6.76. The van der Waals surface area contributed by atoms with Gasteiger partial charge in [-0.05, 0) is 37.7 Å². The van der Waals surface area contributed by atoms with Gasteiger partial charge in [0.2, 0.25) is 0 Å². The molecular formula is C17H17N3. The second kappa shape index (κ2) is 5.39. The number of benzene rings is 1. The van der Waals surface area contributed by atoms with Crippen LogP contribution in [0, 0.1) is 0 Å². The zero-order valence-electron chi connectivity index (χ0n) is 11.7. The second-order valence-electron chi connectivity index (χ2n) is 4.91. The minimum absolute atomic E-state index is 0.280. The van der Waals surface area contributed by atoms with E-state index >= 15 is 0 Å². The molecule has 3 nitrogen and oxygen atoms in total. The normalized spacial score (nSPS) is 12.5. The molecule has 0 aliphatic rings. The van der Waals surface area contributed by atoms with Crippen LogP contribution in [0.15, 0.2) is 54.9 Å². The van der Waals surface area contributed by atoms with Crippen LogP contribution < -0.4 is 5.32 Å². The van der Waals surface area contributed by atoms with Crippen LogP contribution in [-0.4, -0.2) is 17.0 Å². The maximum atomic E-state index is 4.71. The average molecular weight is 263 g/mol. The number of pyridine rings is 2. The molecular weight excluding hydrogens is 246 g/mol. The van der Waals surface area contributed by atoms with Gasteiger partial charge in [-0.25, -0.2) is 4.98 Å². The smallest absolute Gasteiger partial charge is 0.0725 e. The number of hydrogen-bond acceptors (Lipinski definition) is 3. The van der Waals surface area contributed by atoms with Crippen LogP contribution >= 0.6 is 0 Å². The molecule has 3 rings (SSSR count). The lowest BCUT2D eigenvalue weighted by Crippen LogP contribution is -2.12. The van der Waals surface area contributed by atoms with Crippen molar-refractivity contribution in [3.05, 3.63) is 60.4 Å². The topological polar surface area (TPSA) is 37.8 Å². The molecule has 3 heteroatoms. The Morgan fingerprint density at radius 3 is 2.75 bits per heavy atom. The first-order chi connectivity index (χ1) is 9.78. The highest BCUT2D eigenvalue weighted by Gasteiger charge is 2.06. The Hall–Kier alpha value is -2.26. The fraction of sp³-hybridized carbons (Fsp3) is 0.176. The van der Waals surface area contributed by atoms with Gasteiger partial charge in [0.15, 0.2) is 0 Å². The molecule has 0 aliphatic heterocycles. The van der Waals surface area contributed by atoms with Crippen molar-refractivity contribution < 1.29 is 0 Å². The van der Waals surface area contributed by atoms with E-state index in [2.05, 4.69) is 35.4 Å². The van der Waals surface area contributed by atoms with Gasteiger partial charge in [-0.15, -0.1) is 0 Å². The number of hydrogen-bond donors (Lipinski definition) is 1. The lowest BCUT2D eigenvalue weighted by Gasteiger charge is -2.11. The third-order valence-corrected chi connectivity index (χ3v) is 3.59. The fourth-order valence-corrected chi connectivity index (χ4v) is 2.23. The molecule has 1 N–H and O–H groups in total. The molecule has 0 bridgehead atoms. The van der Waals surface area contributed by atoms with Crippen molar-refractivity contribution >= 4 is 10.9 Å². The zero-order valence-corrected chi connectivity index (χ0v) is 11.7. The third-order valence-electron chi connectivity index (χ3n) is 3.59. The van der Waals surface area contributed by atoms with Gasteiger partial charge in [0, 0.05) is 29.4 Å². The summed E-state index contributed by atoms with van der Waals surface area (Å²) in [5, 5.41) is 4.39. The number of aromatic nitrogens is 2. The molecule has 0 fully saturated rings. The molecule has 2 heterocycles. The molecule has 1 atom stereocenters. The molecule has 0 aliphatic carbocycles. The van der Waals surface area contributed by atoms with Crippen molar-refractivity contribution in [2.75, 3.05) is 7.05 Å². The van der Waals surface area contributed by atoms with E-state index in [1.165, 1.54) is 5.56 Å². The van der Waals surface area contributed by atoms with Crippen molar-refractivity contribution in [3.8, 4) is 11.3 Å². The summed E-state index contributed by atoms with van der Waals surface area (Å²) in [5.41, 5.74) is 4.19. The van der Waals surface area contributed by atoms with Crippen LogP contribution in [0.2, 0.25) is 0 Å². The predicted octanol–water partition coefficient (Wildman–Crippen LogP) is 3.58. The monoisotopic (exact) mass is 263 g/mol. The summed E-state index contributed by atoms with van der Waals surface area (Å²) >= 11 is 0. The molecule has 1 aromatic carbocycles. The van der Waals surface area contributed by atoms with E-state index in [4.69, 9.17) is 4.98 Å². The van der Waals surface area contributed by atoms with E-state index in [1.807, 2.05) is 43.7 Å². The van der Waals surface area contributed by atoms with Gasteiger partial charge in [0.05, 0.1) is 11.2 Å². The molecule has 0 amide bonds.